The number of para-hydroxylation sites is 1. The Morgan fingerprint density at radius 1 is 1.14 bits per heavy atom. The lowest BCUT2D eigenvalue weighted by molar-refractivity contribution is -0.137. The summed E-state index contributed by atoms with van der Waals surface area (Å²) in [4.78, 5) is 26.6. The Bertz CT molecular complexity index is 853. The monoisotopic (exact) mass is 398 g/mol. The number of carbonyl (C=O) groups excluding carboxylic acids is 2. The minimum Gasteiger partial charge on any atom is -0.496 e. The van der Waals surface area contributed by atoms with Crippen molar-refractivity contribution in [3.05, 3.63) is 65.5 Å². The number of likely N-dealkylation sites (tertiary alicyclic amines) is 1. The van der Waals surface area contributed by atoms with E-state index in [1.54, 1.807) is 24.1 Å². The molecular weight excluding hydrogens is 371 g/mol. The zero-order chi connectivity index (χ0) is 20.8. The highest BCUT2D eigenvalue weighted by Crippen LogP contribution is 2.33. The van der Waals surface area contributed by atoms with Gasteiger partial charge in [0.15, 0.2) is 0 Å². The maximum Gasteiger partial charge on any atom is 0.224 e. The molecule has 154 valence electrons. The molecule has 1 aliphatic rings. The first kappa shape index (κ1) is 20.8. The maximum atomic E-state index is 13.2. The standard InChI is InChI=1S/C23H27FN2O3/c1-16(27)26-15-19(9-12-21(26)17-7-10-20(24)11-8-17)23(28)25-14-13-18-5-3-4-6-22(18)29-2/h3-8,10-11,19,21H,9,12-15H2,1-2H3,(H,25,28). The second kappa shape index (κ2) is 9.54. The summed E-state index contributed by atoms with van der Waals surface area (Å²) in [6.07, 6.45) is 2.04. The van der Waals surface area contributed by atoms with Crippen LogP contribution < -0.4 is 10.1 Å². The van der Waals surface area contributed by atoms with Crippen molar-refractivity contribution >= 4 is 11.8 Å². The van der Waals surface area contributed by atoms with Gasteiger partial charge in [-0.2, -0.15) is 0 Å². The van der Waals surface area contributed by atoms with Crippen molar-refractivity contribution in [1.82, 2.24) is 10.2 Å². The summed E-state index contributed by atoms with van der Waals surface area (Å²) >= 11 is 0. The van der Waals surface area contributed by atoms with E-state index >= 15 is 0 Å². The van der Waals surface area contributed by atoms with E-state index < -0.39 is 0 Å². The SMILES string of the molecule is COc1ccccc1CCNC(=O)C1CCC(c2ccc(F)cc2)N(C(C)=O)C1. The van der Waals surface area contributed by atoms with Crippen LogP contribution in [0.5, 0.6) is 5.75 Å². The van der Waals surface area contributed by atoms with E-state index in [0.717, 1.165) is 16.9 Å². The smallest absolute Gasteiger partial charge is 0.224 e. The molecule has 1 saturated heterocycles. The Labute approximate surface area is 170 Å². The molecule has 0 aromatic heterocycles. The summed E-state index contributed by atoms with van der Waals surface area (Å²) < 4.78 is 18.6. The first-order valence-corrected chi connectivity index (χ1v) is 9.92. The topological polar surface area (TPSA) is 58.6 Å². The highest BCUT2D eigenvalue weighted by atomic mass is 19.1. The number of methoxy groups -OCH3 is 1. The minimum atomic E-state index is -0.300. The summed E-state index contributed by atoms with van der Waals surface area (Å²) in [6, 6.07) is 13.9. The molecule has 0 saturated carbocycles. The molecule has 1 N–H and O–H groups in total. The lowest BCUT2D eigenvalue weighted by Gasteiger charge is -2.39. The average molecular weight is 398 g/mol. The van der Waals surface area contributed by atoms with Crippen molar-refractivity contribution in [2.45, 2.75) is 32.2 Å². The number of nitrogens with zero attached hydrogens (tertiary/aromatic N) is 1. The lowest BCUT2D eigenvalue weighted by Crippen LogP contribution is -2.46. The molecule has 0 aliphatic carbocycles. The van der Waals surface area contributed by atoms with Crippen LogP contribution in [0.4, 0.5) is 4.39 Å². The van der Waals surface area contributed by atoms with Crippen LogP contribution in [0.25, 0.3) is 0 Å². The molecule has 29 heavy (non-hydrogen) atoms. The number of hydrogen-bond donors (Lipinski definition) is 1. The van der Waals surface area contributed by atoms with Crippen molar-refractivity contribution < 1.29 is 18.7 Å². The molecule has 1 heterocycles. The molecule has 1 fully saturated rings. The number of ether oxygens (including phenoxy) is 1. The predicted molar refractivity (Wildman–Crippen MR) is 109 cm³/mol. The number of amides is 2. The van der Waals surface area contributed by atoms with Gasteiger partial charge < -0.3 is 15.0 Å². The highest BCUT2D eigenvalue weighted by molar-refractivity contribution is 5.81. The fourth-order valence-corrected chi connectivity index (χ4v) is 3.94. The second-order valence-electron chi connectivity index (χ2n) is 7.37. The molecule has 0 radical (unpaired) electrons. The number of benzene rings is 2. The first-order valence-electron chi connectivity index (χ1n) is 9.92. The third-order valence-corrected chi connectivity index (χ3v) is 5.50. The molecular formula is C23H27FN2O3. The zero-order valence-electron chi connectivity index (χ0n) is 16.9. The quantitative estimate of drug-likeness (QED) is 0.810. The summed E-state index contributed by atoms with van der Waals surface area (Å²) in [5, 5.41) is 2.99. The van der Waals surface area contributed by atoms with Gasteiger partial charge >= 0.3 is 0 Å². The van der Waals surface area contributed by atoms with Crippen LogP contribution in [0.3, 0.4) is 0 Å². The van der Waals surface area contributed by atoms with Gasteiger partial charge in [0, 0.05) is 20.0 Å². The normalized spacial score (nSPS) is 18.9. The predicted octanol–water partition coefficient (Wildman–Crippen LogP) is 3.49. The summed E-state index contributed by atoms with van der Waals surface area (Å²) in [5.74, 6) is 0.151. The largest absolute Gasteiger partial charge is 0.496 e. The number of rotatable bonds is 6. The lowest BCUT2D eigenvalue weighted by atomic mass is 9.88. The van der Waals surface area contributed by atoms with Gasteiger partial charge in [0.25, 0.3) is 0 Å². The number of halogens is 1. The van der Waals surface area contributed by atoms with Gasteiger partial charge in [0.05, 0.1) is 19.1 Å². The molecule has 6 heteroatoms. The molecule has 2 aromatic carbocycles. The molecule has 5 nitrogen and oxygen atoms in total. The fourth-order valence-electron chi connectivity index (χ4n) is 3.94. The molecule has 2 aromatic rings. The van der Waals surface area contributed by atoms with Crippen LogP contribution in [0.1, 0.15) is 36.9 Å². The van der Waals surface area contributed by atoms with E-state index in [1.165, 1.54) is 19.1 Å². The van der Waals surface area contributed by atoms with Gasteiger partial charge in [0.2, 0.25) is 11.8 Å². The molecule has 2 unspecified atom stereocenters. The van der Waals surface area contributed by atoms with Crippen LogP contribution in [0.15, 0.2) is 48.5 Å². The molecule has 0 spiro atoms. The highest BCUT2D eigenvalue weighted by Gasteiger charge is 2.34. The Kier molecular flexibility index (Phi) is 6.86. The summed E-state index contributed by atoms with van der Waals surface area (Å²) in [5.41, 5.74) is 1.94. The van der Waals surface area contributed by atoms with E-state index in [2.05, 4.69) is 5.32 Å². The van der Waals surface area contributed by atoms with E-state index in [4.69, 9.17) is 4.74 Å². The van der Waals surface area contributed by atoms with Crippen LogP contribution >= 0.6 is 0 Å². The van der Waals surface area contributed by atoms with E-state index in [-0.39, 0.29) is 29.6 Å². The molecule has 0 bridgehead atoms. The van der Waals surface area contributed by atoms with Crippen LogP contribution in [0.2, 0.25) is 0 Å². The van der Waals surface area contributed by atoms with Gasteiger partial charge in [-0.1, -0.05) is 30.3 Å². The van der Waals surface area contributed by atoms with E-state index in [0.29, 0.717) is 32.4 Å². The van der Waals surface area contributed by atoms with Crippen LogP contribution in [-0.4, -0.2) is 36.9 Å². The van der Waals surface area contributed by atoms with Crippen molar-refractivity contribution in [1.29, 1.82) is 0 Å². The third-order valence-electron chi connectivity index (χ3n) is 5.50. The molecule has 2 amide bonds. The molecule has 2 atom stereocenters. The Hall–Kier alpha value is -2.89. The van der Waals surface area contributed by atoms with Crippen molar-refractivity contribution in [3.8, 4) is 5.75 Å². The second-order valence-corrected chi connectivity index (χ2v) is 7.37. The van der Waals surface area contributed by atoms with Crippen molar-refractivity contribution in [2.24, 2.45) is 5.92 Å². The van der Waals surface area contributed by atoms with Crippen molar-refractivity contribution in [2.75, 3.05) is 20.2 Å². The molecule has 1 aliphatic heterocycles. The van der Waals surface area contributed by atoms with E-state index in [9.17, 15) is 14.0 Å². The van der Waals surface area contributed by atoms with Gasteiger partial charge in [0.1, 0.15) is 11.6 Å². The Balaban J connectivity index is 1.58. The number of nitrogens with one attached hydrogen (secondary N) is 1. The van der Waals surface area contributed by atoms with Gasteiger partial charge in [-0.05, 0) is 48.6 Å². The third kappa shape index (κ3) is 5.13. The van der Waals surface area contributed by atoms with Crippen LogP contribution in [-0.2, 0) is 16.0 Å². The van der Waals surface area contributed by atoms with Gasteiger partial charge in [-0.25, -0.2) is 4.39 Å². The summed E-state index contributed by atoms with van der Waals surface area (Å²) in [7, 11) is 1.63. The Morgan fingerprint density at radius 3 is 2.55 bits per heavy atom. The average Bonchev–Trinajstić information content (AvgIpc) is 2.74. The Morgan fingerprint density at radius 2 is 1.86 bits per heavy atom. The van der Waals surface area contributed by atoms with Crippen LogP contribution in [0, 0.1) is 11.7 Å². The summed E-state index contributed by atoms with van der Waals surface area (Å²) in [6.45, 7) is 2.40. The number of hydrogen-bond acceptors (Lipinski definition) is 3. The van der Waals surface area contributed by atoms with Gasteiger partial charge in [-0.15, -0.1) is 0 Å². The van der Waals surface area contributed by atoms with Crippen molar-refractivity contribution in [3.63, 3.8) is 0 Å². The maximum absolute atomic E-state index is 13.2. The zero-order valence-corrected chi connectivity index (χ0v) is 16.9. The number of carbonyl (C=O) groups is 2. The fraction of sp³-hybridized carbons (Fsp3) is 0.391. The first-order chi connectivity index (χ1) is 14.0. The van der Waals surface area contributed by atoms with E-state index in [1.807, 2.05) is 24.3 Å². The molecule has 3 rings (SSSR count). The number of piperidine rings is 1. The minimum absolute atomic E-state index is 0.0382. The van der Waals surface area contributed by atoms with Gasteiger partial charge in [-0.3, -0.25) is 9.59 Å².